The Hall–Kier alpha value is -2.51. The monoisotopic (exact) mass is 519 g/mol. The number of rotatable bonds is 9. The van der Waals surface area contributed by atoms with Gasteiger partial charge in [0.2, 0.25) is 10.0 Å². The first kappa shape index (κ1) is 26.1. The minimum atomic E-state index is -3.90. The number of nitrogens with one attached hydrogen (secondary N) is 1. The first-order valence-corrected chi connectivity index (χ1v) is 14.8. The molecule has 4 atom stereocenters. The van der Waals surface area contributed by atoms with Crippen molar-refractivity contribution >= 4 is 10.0 Å². The highest BCUT2D eigenvalue weighted by Crippen LogP contribution is 2.66. The average molecular weight is 520 g/mol. The van der Waals surface area contributed by atoms with Crippen molar-refractivity contribution in [3.8, 4) is 0 Å². The Morgan fingerprint density at radius 1 is 0.919 bits per heavy atom. The number of aliphatic hydroxyl groups is 2. The van der Waals surface area contributed by atoms with Crippen LogP contribution in [-0.4, -0.2) is 36.5 Å². The lowest BCUT2D eigenvalue weighted by atomic mass is 9.70. The Bertz CT molecular complexity index is 1270. The largest absolute Gasteiger partial charge is 0.392 e. The molecule has 0 spiro atoms. The summed E-state index contributed by atoms with van der Waals surface area (Å²) >= 11 is 0. The SMILES string of the molecule is CC1(C)[C@@H]2CC[C@@]1(CS(=O)(=O)N[C@@H](Cc1ccccc1)C(O)(c1ccccc1)c1ccccc1)[C@H](O)C2. The van der Waals surface area contributed by atoms with Crippen LogP contribution >= 0.6 is 0 Å². The molecular weight excluding hydrogens is 482 g/mol. The fourth-order valence-electron chi connectivity index (χ4n) is 7.05. The number of hydrogen-bond acceptors (Lipinski definition) is 4. The van der Waals surface area contributed by atoms with E-state index in [1.54, 1.807) is 0 Å². The molecule has 0 aromatic heterocycles. The standard InChI is InChI=1S/C31H37NO4S/c1-29(2)26-18-19-30(29,28(33)21-26)22-37(35,36)32-27(20-23-12-6-3-7-13-23)31(34,24-14-8-4-9-15-24)25-16-10-5-11-17-25/h3-17,26-28,32-34H,18-22H2,1-2H3/t26-,27+,28-,30-/m1/s1. The van der Waals surface area contributed by atoms with Crippen LogP contribution < -0.4 is 4.72 Å². The van der Waals surface area contributed by atoms with Gasteiger partial charge in [0.1, 0.15) is 5.60 Å². The van der Waals surface area contributed by atoms with Crippen molar-refractivity contribution in [1.29, 1.82) is 0 Å². The van der Waals surface area contributed by atoms with Gasteiger partial charge in [0, 0.05) is 5.41 Å². The van der Waals surface area contributed by atoms with Crippen LogP contribution in [-0.2, 0) is 22.0 Å². The zero-order valence-electron chi connectivity index (χ0n) is 21.5. The Morgan fingerprint density at radius 3 is 1.89 bits per heavy atom. The lowest BCUT2D eigenvalue weighted by Crippen LogP contribution is -2.55. The lowest BCUT2D eigenvalue weighted by Gasteiger charge is -2.42. The van der Waals surface area contributed by atoms with Gasteiger partial charge in [-0.1, -0.05) is 105 Å². The normalized spacial score (nSPS) is 25.7. The number of aliphatic hydroxyl groups excluding tert-OH is 1. The van der Waals surface area contributed by atoms with Crippen LogP contribution in [0.15, 0.2) is 91.0 Å². The molecule has 2 bridgehead atoms. The van der Waals surface area contributed by atoms with E-state index in [4.69, 9.17) is 0 Å². The molecule has 0 saturated heterocycles. The van der Waals surface area contributed by atoms with Crippen molar-refractivity contribution in [1.82, 2.24) is 4.72 Å². The van der Waals surface area contributed by atoms with Gasteiger partial charge in [0.05, 0.1) is 17.9 Å². The van der Waals surface area contributed by atoms with E-state index in [1.165, 1.54) is 0 Å². The first-order valence-electron chi connectivity index (χ1n) is 13.1. The van der Waals surface area contributed by atoms with Gasteiger partial charge >= 0.3 is 0 Å². The summed E-state index contributed by atoms with van der Waals surface area (Å²) in [7, 11) is -3.90. The highest BCUT2D eigenvalue weighted by molar-refractivity contribution is 7.89. The second-order valence-corrected chi connectivity index (χ2v) is 13.2. The molecule has 5 nitrogen and oxygen atoms in total. The summed E-state index contributed by atoms with van der Waals surface area (Å²) < 4.78 is 30.9. The van der Waals surface area contributed by atoms with Crippen LogP contribution in [0.2, 0.25) is 0 Å². The number of sulfonamides is 1. The van der Waals surface area contributed by atoms with Crippen molar-refractivity contribution in [3.05, 3.63) is 108 Å². The van der Waals surface area contributed by atoms with E-state index < -0.39 is 33.2 Å². The molecule has 37 heavy (non-hydrogen) atoms. The predicted octanol–water partition coefficient (Wildman–Crippen LogP) is 4.64. The fraction of sp³-hybridized carbons (Fsp3) is 0.419. The van der Waals surface area contributed by atoms with E-state index in [0.717, 1.165) is 12.0 Å². The summed E-state index contributed by atoms with van der Waals surface area (Å²) in [4.78, 5) is 0. The summed E-state index contributed by atoms with van der Waals surface area (Å²) in [6.45, 7) is 4.20. The molecule has 0 aliphatic heterocycles. The smallest absolute Gasteiger partial charge is 0.212 e. The third kappa shape index (κ3) is 4.54. The quantitative estimate of drug-likeness (QED) is 0.384. The molecular formula is C31H37NO4S. The van der Waals surface area contributed by atoms with Gasteiger partial charge in [-0.15, -0.1) is 0 Å². The minimum absolute atomic E-state index is 0.157. The van der Waals surface area contributed by atoms with Crippen LogP contribution in [0.5, 0.6) is 0 Å². The zero-order valence-corrected chi connectivity index (χ0v) is 22.4. The van der Waals surface area contributed by atoms with Gasteiger partial charge < -0.3 is 10.2 Å². The summed E-state index contributed by atoms with van der Waals surface area (Å²) in [6, 6.07) is 27.3. The van der Waals surface area contributed by atoms with Crippen molar-refractivity contribution < 1.29 is 18.6 Å². The Kier molecular flexibility index (Phi) is 6.82. The molecule has 3 N–H and O–H groups in total. The molecule has 3 aromatic rings. The van der Waals surface area contributed by atoms with Gasteiger partial charge in [-0.25, -0.2) is 13.1 Å². The van der Waals surface area contributed by atoms with Crippen molar-refractivity contribution in [3.63, 3.8) is 0 Å². The second kappa shape index (κ2) is 9.66. The Morgan fingerprint density at radius 2 is 1.43 bits per heavy atom. The van der Waals surface area contributed by atoms with Gasteiger partial charge in [-0.2, -0.15) is 0 Å². The molecule has 2 saturated carbocycles. The van der Waals surface area contributed by atoms with Gasteiger partial charge in [-0.05, 0) is 53.7 Å². The van der Waals surface area contributed by atoms with Crippen LogP contribution in [0.1, 0.15) is 49.8 Å². The topological polar surface area (TPSA) is 86.6 Å². The molecule has 2 aliphatic carbocycles. The summed E-state index contributed by atoms with van der Waals surface area (Å²) in [5.41, 5.74) is -0.439. The van der Waals surface area contributed by atoms with Gasteiger partial charge in [-0.3, -0.25) is 0 Å². The number of hydrogen-bond donors (Lipinski definition) is 3. The highest BCUT2D eigenvalue weighted by Gasteiger charge is 2.65. The molecule has 196 valence electrons. The van der Waals surface area contributed by atoms with E-state index in [2.05, 4.69) is 18.6 Å². The minimum Gasteiger partial charge on any atom is -0.392 e. The molecule has 6 heteroatoms. The van der Waals surface area contributed by atoms with E-state index >= 15 is 0 Å². The third-order valence-corrected chi connectivity index (χ3v) is 10.9. The maximum atomic E-state index is 14.0. The number of benzene rings is 3. The molecule has 5 rings (SSSR count). The van der Waals surface area contributed by atoms with Crippen LogP contribution in [0.3, 0.4) is 0 Å². The van der Waals surface area contributed by atoms with E-state index in [-0.39, 0.29) is 11.2 Å². The van der Waals surface area contributed by atoms with Gasteiger partial charge in [0.15, 0.2) is 0 Å². The average Bonchev–Trinajstić information content (AvgIpc) is 3.23. The zero-order chi connectivity index (χ0) is 26.3. The van der Waals surface area contributed by atoms with Crippen molar-refractivity contribution in [2.75, 3.05) is 5.75 Å². The van der Waals surface area contributed by atoms with Crippen molar-refractivity contribution in [2.45, 2.75) is 57.3 Å². The van der Waals surface area contributed by atoms with Crippen LogP contribution in [0.4, 0.5) is 0 Å². The van der Waals surface area contributed by atoms with E-state index in [9.17, 15) is 18.6 Å². The maximum Gasteiger partial charge on any atom is 0.212 e. The van der Waals surface area contributed by atoms with Crippen LogP contribution in [0.25, 0.3) is 0 Å². The lowest BCUT2D eigenvalue weighted by molar-refractivity contribution is 0.0144. The number of fused-ring (bicyclic) bond motifs is 2. The molecule has 0 radical (unpaired) electrons. The Balaban J connectivity index is 1.57. The Labute approximate surface area is 220 Å². The summed E-state index contributed by atoms with van der Waals surface area (Å²) in [5.74, 6) is 0.165. The molecule has 0 unspecified atom stereocenters. The highest BCUT2D eigenvalue weighted by atomic mass is 32.2. The third-order valence-electron chi connectivity index (χ3n) is 9.37. The molecule has 0 amide bonds. The maximum absolute atomic E-state index is 14.0. The molecule has 3 aromatic carbocycles. The van der Waals surface area contributed by atoms with Crippen LogP contribution in [0, 0.1) is 16.7 Å². The predicted molar refractivity (Wildman–Crippen MR) is 146 cm³/mol. The molecule has 2 aliphatic rings. The molecule has 2 fully saturated rings. The fourth-order valence-corrected chi connectivity index (χ4v) is 9.21. The summed E-state index contributed by atoms with van der Waals surface area (Å²) in [6.07, 6.45) is 1.92. The van der Waals surface area contributed by atoms with Gasteiger partial charge in [0.25, 0.3) is 0 Å². The van der Waals surface area contributed by atoms with E-state index in [0.29, 0.717) is 36.3 Å². The summed E-state index contributed by atoms with van der Waals surface area (Å²) in [5, 5.41) is 23.5. The first-order chi connectivity index (χ1) is 17.6. The molecule has 0 heterocycles. The van der Waals surface area contributed by atoms with Crippen molar-refractivity contribution in [2.24, 2.45) is 16.7 Å². The van der Waals surface area contributed by atoms with E-state index in [1.807, 2.05) is 91.0 Å². The second-order valence-electron chi connectivity index (χ2n) is 11.5.